The highest BCUT2D eigenvalue weighted by molar-refractivity contribution is 5.92. The number of hydrogen-bond donors (Lipinski definition) is 2. The van der Waals surface area contributed by atoms with Crippen molar-refractivity contribution in [2.24, 2.45) is 5.92 Å². The summed E-state index contributed by atoms with van der Waals surface area (Å²) in [7, 11) is 1.53. The third kappa shape index (κ3) is 6.00. The van der Waals surface area contributed by atoms with E-state index in [1.165, 1.54) is 11.7 Å². The molecule has 0 bridgehead atoms. The van der Waals surface area contributed by atoms with Crippen molar-refractivity contribution in [2.75, 3.05) is 19.0 Å². The van der Waals surface area contributed by atoms with Crippen molar-refractivity contribution in [3.05, 3.63) is 99.2 Å². The molecule has 4 rings (SSSR count). The topological polar surface area (TPSA) is 111 Å². The third-order valence-electron chi connectivity index (χ3n) is 5.97. The monoisotopic (exact) mass is 514 g/mol. The second-order valence-corrected chi connectivity index (χ2v) is 9.35. The predicted octanol–water partition coefficient (Wildman–Crippen LogP) is 3.11. The molecule has 196 valence electrons. The number of aromatic nitrogens is 2. The van der Waals surface area contributed by atoms with E-state index >= 15 is 0 Å². The second-order valence-electron chi connectivity index (χ2n) is 9.35. The Bertz CT molecular complexity index is 1590. The fourth-order valence-electron chi connectivity index (χ4n) is 4.08. The molecule has 0 spiro atoms. The number of ether oxygens (including phenoxy) is 1. The number of amides is 2. The van der Waals surface area contributed by atoms with Gasteiger partial charge in [-0.1, -0.05) is 44.2 Å². The highest BCUT2D eigenvalue weighted by atomic mass is 16.5. The number of fused-ring (bicyclic) bond motifs is 1. The van der Waals surface area contributed by atoms with E-state index in [2.05, 4.69) is 10.6 Å². The number of hydrogen-bond acceptors (Lipinski definition) is 5. The van der Waals surface area contributed by atoms with Gasteiger partial charge >= 0.3 is 5.69 Å². The zero-order chi connectivity index (χ0) is 27.2. The average molecular weight is 515 g/mol. The van der Waals surface area contributed by atoms with Gasteiger partial charge < -0.3 is 15.4 Å². The summed E-state index contributed by atoms with van der Waals surface area (Å²) in [6, 6.07) is 20.2. The van der Waals surface area contributed by atoms with Crippen LogP contribution in [0.2, 0.25) is 0 Å². The fraction of sp³-hybridized carbons (Fsp3) is 0.241. The first-order chi connectivity index (χ1) is 18.3. The Balaban J connectivity index is 1.66. The number of methoxy groups -OCH3 is 1. The van der Waals surface area contributed by atoms with E-state index < -0.39 is 17.2 Å². The number of nitrogens with one attached hydrogen (secondary N) is 2. The standard InChI is InChI=1S/C29H30N4O5/c1-19(2)17-30-26(34)15-20-11-13-22(14-12-20)33-28(36)24-9-4-5-10-25(24)32(29(33)37)18-27(35)31-21-7-6-8-23(16-21)38-3/h4-14,16,19H,15,17-18H2,1-3H3,(H,30,34)(H,31,35). The van der Waals surface area contributed by atoms with Gasteiger partial charge in [-0.2, -0.15) is 0 Å². The van der Waals surface area contributed by atoms with Crippen molar-refractivity contribution in [1.82, 2.24) is 14.5 Å². The van der Waals surface area contributed by atoms with Crippen LogP contribution in [-0.2, 0) is 22.6 Å². The van der Waals surface area contributed by atoms with Crippen LogP contribution in [0, 0.1) is 5.92 Å². The molecule has 0 saturated heterocycles. The lowest BCUT2D eigenvalue weighted by Crippen LogP contribution is -2.40. The molecular formula is C29H30N4O5. The summed E-state index contributed by atoms with van der Waals surface area (Å²) in [6.45, 7) is 4.33. The smallest absolute Gasteiger partial charge is 0.336 e. The zero-order valence-corrected chi connectivity index (χ0v) is 21.6. The summed E-state index contributed by atoms with van der Waals surface area (Å²) in [5.41, 5.74) is 0.848. The van der Waals surface area contributed by atoms with Crippen LogP contribution >= 0.6 is 0 Å². The van der Waals surface area contributed by atoms with Gasteiger partial charge in [0.05, 0.1) is 30.1 Å². The molecule has 9 heteroatoms. The molecule has 2 amide bonds. The SMILES string of the molecule is COc1cccc(NC(=O)Cn2c(=O)n(-c3ccc(CC(=O)NCC(C)C)cc3)c(=O)c3ccccc32)c1. The van der Waals surface area contributed by atoms with E-state index in [1.54, 1.807) is 72.8 Å². The van der Waals surface area contributed by atoms with Crippen LogP contribution in [0.25, 0.3) is 16.6 Å². The number of anilines is 1. The quantitative estimate of drug-likeness (QED) is 0.357. The predicted molar refractivity (Wildman–Crippen MR) is 147 cm³/mol. The summed E-state index contributed by atoms with van der Waals surface area (Å²) in [6.07, 6.45) is 0.189. The average Bonchev–Trinajstić information content (AvgIpc) is 2.91. The Hall–Kier alpha value is -4.66. The molecule has 4 aromatic rings. The lowest BCUT2D eigenvalue weighted by Gasteiger charge is -2.15. The van der Waals surface area contributed by atoms with Crippen molar-refractivity contribution < 1.29 is 14.3 Å². The first-order valence-corrected chi connectivity index (χ1v) is 12.3. The van der Waals surface area contributed by atoms with Gasteiger partial charge in [0.1, 0.15) is 12.3 Å². The zero-order valence-electron chi connectivity index (χ0n) is 21.6. The van der Waals surface area contributed by atoms with Gasteiger partial charge in [-0.25, -0.2) is 9.36 Å². The van der Waals surface area contributed by atoms with E-state index in [9.17, 15) is 19.2 Å². The van der Waals surface area contributed by atoms with Gasteiger partial charge in [0.2, 0.25) is 11.8 Å². The summed E-state index contributed by atoms with van der Waals surface area (Å²) in [5, 5.41) is 5.95. The summed E-state index contributed by atoms with van der Waals surface area (Å²) in [5.74, 6) is 0.401. The van der Waals surface area contributed by atoms with Crippen molar-refractivity contribution in [1.29, 1.82) is 0 Å². The molecule has 9 nitrogen and oxygen atoms in total. The molecular weight excluding hydrogens is 484 g/mol. The molecule has 0 saturated carbocycles. The maximum atomic E-state index is 13.6. The van der Waals surface area contributed by atoms with Crippen LogP contribution in [0.5, 0.6) is 5.75 Å². The Kier molecular flexibility index (Phi) is 8.06. The van der Waals surface area contributed by atoms with Gasteiger partial charge in [-0.15, -0.1) is 0 Å². The Labute approximate surface area is 219 Å². The number of rotatable bonds is 9. The normalized spacial score (nSPS) is 10.9. The van der Waals surface area contributed by atoms with Gasteiger partial charge in [0.15, 0.2) is 0 Å². The largest absolute Gasteiger partial charge is 0.497 e. The highest BCUT2D eigenvalue weighted by Crippen LogP contribution is 2.17. The van der Waals surface area contributed by atoms with Crippen LogP contribution in [0.4, 0.5) is 5.69 Å². The molecule has 0 fully saturated rings. The van der Waals surface area contributed by atoms with Gasteiger partial charge in [0.25, 0.3) is 5.56 Å². The lowest BCUT2D eigenvalue weighted by molar-refractivity contribution is -0.120. The molecule has 0 atom stereocenters. The Morgan fingerprint density at radius 2 is 1.66 bits per heavy atom. The number of nitrogens with zero attached hydrogens (tertiary/aromatic N) is 2. The number of benzene rings is 3. The van der Waals surface area contributed by atoms with E-state index in [0.717, 1.165) is 10.1 Å². The maximum absolute atomic E-state index is 13.6. The second kappa shape index (κ2) is 11.6. The highest BCUT2D eigenvalue weighted by Gasteiger charge is 2.17. The van der Waals surface area contributed by atoms with Crippen molar-refractivity contribution >= 4 is 28.4 Å². The van der Waals surface area contributed by atoms with Gasteiger partial charge in [-0.3, -0.25) is 19.0 Å². The molecule has 0 aliphatic rings. The third-order valence-corrected chi connectivity index (χ3v) is 5.97. The number of carbonyl (C=O) groups is 2. The van der Waals surface area contributed by atoms with Crippen molar-refractivity contribution in [2.45, 2.75) is 26.8 Å². The molecule has 0 unspecified atom stereocenters. The van der Waals surface area contributed by atoms with E-state index in [0.29, 0.717) is 40.5 Å². The lowest BCUT2D eigenvalue weighted by atomic mass is 10.1. The van der Waals surface area contributed by atoms with Crippen LogP contribution in [0.1, 0.15) is 19.4 Å². The molecule has 0 aliphatic heterocycles. The van der Waals surface area contributed by atoms with Crippen molar-refractivity contribution in [3.8, 4) is 11.4 Å². The first kappa shape index (κ1) is 26.4. The van der Waals surface area contributed by atoms with E-state index in [-0.39, 0.29) is 18.9 Å². The Morgan fingerprint density at radius 3 is 2.37 bits per heavy atom. The Morgan fingerprint density at radius 1 is 0.921 bits per heavy atom. The molecule has 2 N–H and O–H groups in total. The summed E-state index contributed by atoms with van der Waals surface area (Å²) < 4.78 is 7.52. The molecule has 0 aliphatic carbocycles. The van der Waals surface area contributed by atoms with Crippen LogP contribution in [0.3, 0.4) is 0 Å². The van der Waals surface area contributed by atoms with Crippen LogP contribution < -0.4 is 26.6 Å². The molecule has 1 heterocycles. The maximum Gasteiger partial charge on any atom is 0.336 e. The fourth-order valence-corrected chi connectivity index (χ4v) is 4.08. The van der Waals surface area contributed by atoms with E-state index in [4.69, 9.17) is 4.74 Å². The van der Waals surface area contributed by atoms with E-state index in [1.807, 2.05) is 13.8 Å². The minimum atomic E-state index is -0.642. The van der Waals surface area contributed by atoms with Gasteiger partial charge in [-0.05, 0) is 47.9 Å². The molecule has 38 heavy (non-hydrogen) atoms. The van der Waals surface area contributed by atoms with Crippen molar-refractivity contribution in [3.63, 3.8) is 0 Å². The first-order valence-electron chi connectivity index (χ1n) is 12.3. The number of para-hydroxylation sites is 1. The summed E-state index contributed by atoms with van der Waals surface area (Å²) >= 11 is 0. The molecule has 3 aromatic carbocycles. The molecule has 0 radical (unpaired) electrons. The van der Waals surface area contributed by atoms with Crippen LogP contribution in [0.15, 0.2) is 82.4 Å². The van der Waals surface area contributed by atoms with Crippen LogP contribution in [-0.4, -0.2) is 34.6 Å². The minimum absolute atomic E-state index is 0.0984. The summed E-state index contributed by atoms with van der Waals surface area (Å²) in [4.78, 5) is 52.0. The number of carbonyl (C=O) groups excluding carboxylic acids is 2. The molecule has 1 aromatic heterocycles. The van der Waals surface area contributed by atoms with Gasteiger partial charge in [0, 0.05) is 18.3 Å². The minimum Gasteiger partial charge on any atom is -0.497 e.